The fraction of sp³-hybridized carbons (Fsp3) is 0.154. The average molecular weight is 428 g/mol. The maximum atomic E-state index is 12.2. The molecule has 0 aliphatic carbocycles. The van der Waals surface area contributed by atoms with E-state index in [9.17, 15) is 4.39 Å². The molecule has 3 nitrogen and oxygen atoms in total. The quantitative estimate of drug-likeness (QED) is 0.783. The number of hydrogen-bond acceptors (Lipinski definition) is 1. The maximum absolute atomic E-state index is 12.2. The van der Waals surface area contributed by atoms with E-state index < -0.39 is 0 Å². The Morgan fingerprint density at radius 1 is 1.33 bits per heavy atom. The molecule has 0 bridgehead atoms. The van der Waals surface area contributed by atoms with E-state index in [2.05, 4.69) is 25.9 Å². The van der Waals surface area contributed by atoms with Crippen molar-refractivity contribution >= 4 is 6.20 Å². The van der Waals surface area contributed by atoms with Gasteiger partial charge in [0.25, 0.3) is 0 Å². The minimum atomic E-state index is -0.216. The summed E-state index contributed by atoms with van der Waals surface area (Å²) in [6.45, 7) is 4.12. The van der Waals surface area contributed by atoms with Crippen LogP contribution in [0, 0.1) is 9.62 Å². The van der Waals surface area contributed by atoms with Crippen LogP contribution in [0.2, 0.25) is 0 Å². The van der Waals surface area contributed by atoms with E-state index in [1.807, 2.05) is 28.6 Å². The molecule has 0 aliphatic heterocycles. The molecule has 2 aromatic rings. The zero-order valence-electron chi connectivity index (χ0n) is 10.1. The minimum Gasteiger partial charge on any atom is -0.326 e. The second-order valence-corrected chi connectivity index (χ2v) is 4.59. The molecule has 1 aromatic heterocycles. The van der Waals surface area contributed by atoms with Gasteiger partial charge in [-0.25, -0.2) is 4.39 Å². The normalized spacial score (nSPS) is 9.61. The van der Waals surface area contributed by atoms with Crippen LogP contribution in [0.15, 0.2) is 43.2 Å². The van der Waals surface area contributed by atoms with Crippen LogP contribution in [0.5, 0.6) is 0 Å². The number of aryl methyl sites for hydroxylation is 1. The van der Waals surface area contributed by atoms with Crippen LogP contribution in [0.4, 0.5) is 4.39 Å². The molecule has 0 amide bonds. The molecule has 0 spiro atoms. The van der Waals surface area contributed by atoms with Crippen LogP contribution in [-0.2, 0) is 32.9 Å². The van der Waals surface area contributed by atoms with Crippen molar-refractivity contribution in [2.45, 2.75) is 6.54 Å². The first-order chi connectivity index (χ1) is 8.58. The molecule has 1 aromatic carbocycles. The predicted octanol–water partition coefficient (Wildman–Crippen LogP) is 2.29. The van der Waals surface area contributed by atoms with E-state index >= 15 is 0 Å². The molecule has 0 radical (unpaired) electrons. The van der Waals surface area contributed by atoms with E-state index in [0.717, 1.165) is 9.37 Å². The van der Waals surface area contributed by atoms with Crippen molar-refractivity contribution in [1.82, 2.24) is 9.13 Å². The van der Waals surface area contributed by atoms with Crippen molar-refractivity contribution in [3.05, 3.63) is 58.4 Å². The van der Waals surface area contributed by atoms with Gasteiger partial charge in [0, 0.05) is 6.54 Å². The van der Waals surface area contributed by atoms with Crippen LogP contribution < -0.4 is 5.73 Å². The fourth-order valence-electron chi connectivity index (χ4n) is 1.22. The van der Waals surface area contributed by atoms with Gasteiger partial charge in [-0.2, -0.15) is 0 Å². The number of hydrogen-bond donors (Lipinski definition) is 1. The van der Waals surface area contributed by atoms with Crippen LogP contribution in [0.1, 0.15) is 5.56 Å². The third-order valence-electron chi connectivity index (χ3n) is 2.26. The van der Waals surface area contributed by atoms with Gasteiger partial charge in [-0.3, -0.25) is 0 Å². The summed E-state index contributed by atoms with van der Waals surface area (Å²) in [5.74, 6) is -0.216. The Morgan fingerprint density at radius 3 is 2.28 bits per heavy atom. The summed E-state index contributed by atoms with van der Waals surface area (Å²) in [5.41, 5.74) is 6.23. The zero-order valence-corrected chi connectivity index (χ0v) is 12.4. The zero-order chi connectivity index (χ0) is 13.5. The topological polar surface area (TPSA) is 35.9 Å². The largest absolute Gasteiger partial charge is 0.326 e. The molecule has 0 atom stereocenters. The summed E-state index contributed by atoms with van der Waals surface area (Å²) in [7, 11) is 2.00. The van der Waals surface area contributed by atoms with Crippen LogP contribution in [0.25, 0.3) is 6.20 Å². The Morgan fingerprint density at radius 2 is 1.94 bits per heavy atom. The third-order valence-corrected chi connectivity index (χ3v) is 3.65. The summed E-state index contributed by atoms with van der Waals surface area (Å²) in [4.78, 5) is 0. The first-order valence-electron chi connectivity index (χ1n) is 5.34. The molecule has 1 heterocycles. The van der Waals surface area contributed by atoms with Crippen LogP contribution in [0.3, 0.4) is 0 Å². The molecule has 0 saturated heterocycles. The van der Waals surface area contributed by atoms with Crippen molar-refractivity contribution in [3.63, 3.8) is 0 Å². The number of aromatic nitrogens is 2. The molecular weight excluding hydrogens is 412 g/mol. The fourth-order valence-corrected chi connectivity index (χ4v) is 1.76. The maximum Gasteiger partial charge on any atom is 0.123 e. The molecule has 0 aliphatic rings. The Hall–Kier alpha value is -1.25. The number of rotatable bonds is 2. The SMILES string of the molecule is C=Cn1ccn(C)[c]1=[Pt].NCc1ccc(F)cc1. The molecule has 100 valence electrons. The van der Waals surface area contributed by atoms with E-state index in [0.29, 0.717) is 6.54 Å². The molecule has 2 N–H and O–H groups in total. The second-order valence-electron chi connectivity index (χ2n) is 3.57. The smallest absolute Gasteiger partial charge is 0.123 e. The average Bonchev–Trinajstić information content (AvgIpc) is 2.71. The van der Waals surface area contributed by atoms with E-state index in [1.54, 1.807) is 18.3 Å². The molecule has 0 fully saturated rings. The molecule has 0 saturated carbocycles. The first-order valence-corrected chi connectivity index (χ1v) is 6.48. The van der Waals surface area contributed by atoms with Gasteiger partial charge in [0.05, 0.1) is 0 Å². The number of nitrogens with zero attached hydrogens (tertiary/aromatic N) is 2. The monoisotopic (exact) mass is 428 g/mol. The second kappa shape index (κ2) is 7.24. The molecule has 2 rings (SSSR count). The number of imidazole rings is 1. The van der Waals surface area contributed by atoms with Crippen LogP contribution >= 0.6 is 0 Å². The van der Waals surface area contributed by atoms with Gasteiger partial charge in [-0.1, -0.05) is 12.1 Å². The molecule has 0 unspecified atom stereocenters. The number of benzene rings is 1. The Balaban J connectivity index is 0.000000180. The van der Waals surface area contributed by atoms with Gasteiger partial charge in [-0.05, 0) is 17.7 Å². The van der Waals surface area contributed by atoms with E-state index in [4.69, 9.17) is 5.73 Å². The van der Waals surface area contributed by atoms with Crippen LogP contribution in [-0.4, -0.2) is 9.13 Å². The predicted molar refractivity (Wildman–Crippen MR) is 67.3 cm³/mol. The van der Waals surface area contributed by atoms with Crippen molar-refractivity contribution in [2.24, 2.45) is 12.8 Å². The summed E-state index contributed by atoms with van der Waals surface area (Å²) < 4.78 is 17.3. The van der Waals surface area contributed by atoms with Gasteiger partial charge in [0.2, 0.25) is 0 Å². The van der Waals surface area contributed by atoms with Gasteiger partial charge in [0.15, 0.2) is 0 Å². The molecule has 5 heteroatoms. The van der Waals surface area contributed by atoms with Gasteiger partial charge in [-0.15, -0.1) is 0 Å². The summed E-state index contributed by atoms with van der Waals surface area (Å²) >= 11 is 2.24. The van der Waals surface area contributed by atoms with Gasteiger partial charge < -0.3 is 5.73 Å². The number of nitrogens with two attached hydrogens (primary N) is 1. The molecular formula is C13H16FN3Pt. The minimum absolute atomic E-state index is 0.216. The van der Waals surface area contributed by atoms with Crippen molar-refractivity contribution in [2.75, 3.05) is 0 Å². The van der Waals surface area contributed by atoms with Crippen molar-refractivity contribution < 1.29 is 23.7 Å². The Kier molecular flexibility index (Phi) is 5.96. The van der Waals surface area contributed by atoms with E-state index in [1.165, 1.54) is 12.1 Å². The molecule has 18 heavy (non-hydrogen) atoms. The number of halogens is 1. The summed E-state index contributed by atoms with van der Waals surface area (Å²) in [5, 5.41) is 0. The Labute approximate surface area is 117 Å². The van der Waals surface area contributed by atoms with Crippen molar-refractivity contribution in [3.8, 4) is 0 Å². The standard InChI is InChI=1S/C7H8FN.C6H8N2.Pt/c8-7-3-1-6(5-9)2-4-7;1-3-8-5-4-7(2)6-8;/h1-4H,5,9H2;3-5H,1H2,2H3;. The summed E-state index contributed by atoms with van der Waals surface area (Å²) in [6.07, 6.45) is 5.74. The van der Waals surface area contributed by atoms with Crippen molar-refractivity contribution in [1.29, 1.82) is 0 Å². The van der Waals surface area contributed by atoms with Gasteiger partial charge in [0.1, 0.15) is 5.82 Å². The third kappa shape index (κ3) is 4.20. The van der Waals surface area contributed by atoms with E-state index in [-0.39, 0.29) is 5.82 Å². The van der Waals surface area contributed by atoms with Gasteiger partial charge >= 0.3 is 64.5 Å². The Bertz CT molecular complexity index is 554. The first kappa shape index (κ1) is 14.8. The summed E-state index contributed by atoms with van der Waals surface area (Å²) in [6, 6.07) is 6.16.